The molecule has 27 heavy (non-hydrogen) atoms. The van der Waals surface area contributed by atoms with Crippen LogP contribution >= 0.6 is 0 Å². The zero-order chi connectivity index (χ0) is 19.2. The summed E-state index contributed by atoms with van der Waals surface area (Å²) >= 11 is 0. The predicted molar refractivity (Wildman–Crippen MR) is 107 cm³/mol. The summed E-state index contributed by atoms with van der Waals surface area (Å²) in [6.07, 6.45) is 1.78. The second-order valence-electron chi connectivity index (χ2n) is 7.21. The molecule has 2 aromatic carbocycles. The lowest BCUT2D eigenvalue weighted by Gasteiger charge is -2.29. The van der Waals surface area contributed by atoms with Crippen LogP contribution in [0.1, 0.15) is 25.3 Å². The topological polar surface area (TPSA) is 50.8 Å². The van der Waals surface area contributed by atoms with Crippen molar-refractivity contribution in [3.63, 3.8) is 0 Å². The van der Waals surface area contributed by atoms with E-state index in [1.54, 1.807) is 6.92 Å². The average molecular weight is 368 g/mol. The molecule has 3 rings (SSSR count). The Bertz CT molecular complexity index is 752. The minimum absolute atomic E-state index is 0.180. The predicted octanol–water partition coefficient (Wildman–Crippen LogP) is 3.87. The van der Waals surface area contributed by atoms with Gasteiger partial charge in [0.25, 0.3) is 5.91 Å². The van der Waals surface area contributed by atoms with Gasteiger partial charge in [0.05, 0.1) is 0 Å². The largest absolute Gasteiger partial charge is 0.490 e. The molecule has 0 unspecified atom stereocenters. The molecule has 0 saturated carbocycles. The van der Waals surface area contributed by atoms with Gasteiger partial charge < -0.3 is 19.7 Å². The molecule has 0 radical (unpaired) electrons. The Balaban J connectivity index is 1.50. The van der Waals surface area contributed by atoms with Crippen LogP contribution in [0.15, 0.2) is 48.5 Å². The number of rotatable bonds is 6. The summed E-state index contributed by atoms with van der Waals surface area (Å²) in [6, 6.07) is 15.2. The third-order valence-electron chi connectivity index (χ3n) is 4.76. The van der Waals surface area contributed by atoms with E-state index in [4.69, 9.17) is 9.47 Å². The number of anilines is 1. The summed E-state index contributed by atoms with van der Waals surface area (Å²) in [7, 11) is 2.14. The van der Waals surface area contributed by atoms with Gasteiger partial charge in [-0.1, -0.05) is 12.1 Å². The van der Waals surface area contributed by atoms with Crippen molar-refractivity contribution >= 4 is 11.6 Å². The Morgan fingerprint density at radius 1 is 1.11 bits per heavy atom. The second kappa shape index (κ2) is 8.91. The molecule has 1 aliphatic rings. The van der Waals surface area contributed by atoms with Gasteiger partial charge in [0, 0.05) is 18.8 Å². The van der Waals surface area contributed by atoms with Gasteiger partial charge in [-0.15, -0.1) is 0 Å². The van der Waals surface area contributed by atoms with Crippen LogP contribution in [-0.4, -0.2) is 43.2 Å². The molecule has 0 bridgehead atoms. The average Bonchev–Trinajstić information content (AvgIpc) is 2.65. The molecule has 1 N–H and O–H groups in total. The number of piperidine rings is 1. The first-order valence-electron chi connectivity index (χ1n) is 9.49. The normalized spacial score (nSPS) is 16.6. The van der Waals surface area contributed by atoms with E-state index in [9.17, 15) is 4.79 Å². The van der Waals surface area contributed by atoms with Crippen molar-refractivity contribution in [2.75, 3.05) is 25.5 Å². The number of carbonyl (C=O) groups is 1. The molecule has 1 saturated heterocycles. The SMILES string of the molecule is Cc1cccc(O[C@@H](C)C(=O)Nc2ccc(OC3CCN(C)CC3)cc2)c1. The van der Waals surface area contributed by atoms with E-state index < -0.39 is 6.10 Å². The lowest BCUT2D eigenvalue weighted by atomic mass is 10.1. The maximum atomic E-state index is 12.4. The van der Waals surface area contributed by atoms with Crippen molar-refractivity contribution in [1.29, 1.82) is 0 Å². The second-order valence-corrected chi connectivity index (χ2v) is 7.21. The van der Waals surface area contributed by atoms with Gasteiger partial charge in [-0.25, -0.2) is 0 Å². The number of nitrogens with one attached hydrogen (secondary N) is 1. The first-order chi connectivity index (χ1) is 13.0. The van der Waals surface area contributed by atoms with Crippen LogP contribution in [0.3, 0.4) is 0 Å². The molecule has 0 aromatic heterocycles. The fourth-order valence-electron chi connectivity index (χ4n) is 3.10. The molecule has 1 amide bonds. The molecule has 5 nitrogen and oxygen atoms in total. The highest BCUT2D eigenvalue weighted by atomic mass is 16.5. The summed E-state index contributed by atoms with van der Waals surface area (Å²) in [6.45, 7) is 5.87. The number of benzene rings is 2. The van der Waals surface area contributed by atoms with Gasteiger partial charge in [0.1, 0.15) is 17.6 Å². The summed E-state index contributed by atoms with van der Waals surface area (Å²) in [5, 5.41) is 2.89. The molecule has 1 heterocycles. The number of hydrogen-bond donors (Lipinski definition) is 1. The quantitative estimate of drug-likeness (QED) is 0.841. The Morgan fingerprint density at radius 2 is 1.81 bits per heavy atom. The van der Waals surface area contributed by atoms with Crippen LogP contribution in [0.4, 0.5) is 5.69 Å². The van der Waals surface area contributed by atoms with Gasteiger partial charge in [0.2, 0.25) is 0 Å². The number of ether oxygens (including phenoxy) is 2. The first-order valence-corrected chi connectivity index (χ1v) is 9.49. The van der Waals surface area contributed by atoms with Crippen molar-refractivity contribution in [3.05, 3.63) is 54.1 Å². The summed E-state index contributed by atoms with van der Waals surface area (Å²) in [4.78, 5) is 14.7. The molecule has 1 atom stereocenters. The van der Waals surface area contributed by atoms with Crippen LogP contribution < -0.4 is 14.8 Å². The molecular weight excluding hydrogens is 340 g/mol. The monoisotopic (exact) mass is 368 g/mol. The third-order valence-corrected chi connectivity index (χ3v) is 4.76. The van der Waals surface area contributed by atoms with Gasteiger partial charge in [0.15, 0.2) is 6.10 Å². The smallest absolute Gasteiger partial charge is 0.265 e. The maximum Gasteiger partial charge on any atom is 0.265 e. The minimum atomic E-state index is -0.582. The number of hydrogen-bond acceptors (Lipinski definition) is 4. The Morgan fingerprint density at radius 3 is 2.48 bits per heavy atom. The van der Waals surface area contributed by atoms with E-state index in [-0.39, 0.29) is 12.0 Å². The van der Waals surface area contributed by atoms with Crippen LogP contribution in [0.2, 0.25) is 0 Å². The fourth-order valence-corrected chi connectivity index (χ4v) is 3.10. The third kappa shape index (κ3) is 5.73. The lowest BCUT2D eigenvalue weighted by Crippen LogP contribution is -2.35. The van der Waals surface area contributed by atoms with E-state index in [0.29, 0.717) is 5.75 Å². The number of amides is 1. The molecule has 5 heteroatoms. The highest BCUT2D eigenvalue weighted by Gasteiger charge is 2.18. The molecule has 144 valence electrons. The lowest BCUT2D eigenvalue weighted by molar-refractivity contribution is -0.122. The van der Waals surface area contributed by atoms with Gasteiger partial charge in [-0.3, -0.25) is 4.79 Å². The number of aryl methyl sites for hydroxylation is 1. The molecular formula is C22H28N2O3. The van der Waals surface area contributed by atoms with Crippen molar-refractivity contribution in [2.45, 2.75) is 38.9 Å². The van der Waals surface area contributed by atoms with Gasteiger partial charge in [-0.2, -0.15) is 0 Å². The van der Waals surface area contributed by atoms with Crippen LogP contribution in [0, 0.1) is 6.92 Å². The van der Waals surface area contributed by atoms with Crippen molar-refractivity contribution in [3.8, 4) is 11.5 Å². The number of nitrogens with zero attached hydrogens (tertiary/aromatic N) is 1. The number of likely N-dealkylation sites (tertiary alicyclic amines) is 1. The fraction of sp³-hybridized carbons (Fsp3) is 0.409. The minimum Gasteiger partial charge on any atom is -0.490 e. The van der Waals surface area contributed by atoms with E-state index in [1.807, 2.05) is 55.5 Å². The zero-order valence-electron chi connectivity index (χ0n) is 16.3. The maximum absolute atomic E-state index is 12.4. The Labute approximate surface area is 161 Å². The number of carbonyl (C=O) groups excluding carboxylic acids is 1. The highest BCUT2D eigenvalue weighted by Crippen LogP contribution is 2.21. The van der Waals surface area contributed by atoms with Crippen molar-refractivity contribution < 1.29 is 14.3 Å². The summed E-state index contributed by atoms with van der Waals surface area (Å²) in [5.41, 5.74) is 1.83. The van der Waals surface area contributed by atoms with Gasteiger partial charge in [-0.05, 0) is 75.7 Å². The molecule has 0 aliphatic carbocycles. The Kier molecular flexibility index (Phi) is 6.35. The Hall–Kier alpha value is -2.53. The van der Waals surface area contributed by atoms with Gasteiger partial charge >= 0.3 is 0 Å². The molecule has 2 aromatic rings. The first kappa shape index (κ1) is 19.2. The van der Waals surface area contributed by atoms with Crippen LogP contribution in [0.5, 0.6) is 11.5 Å². The highest BCUT2D eigenvalue weighted by molar-refractivity contribution is 5.94. The standard InChI is InChI=1S/C22H28N2O3/c1-16-5-4-6-21(15-16)26-17(2)22(25)23-18-7-9-19(10-8-18)27-20-11-13-24(3)14-12-20/h4-10,15,17,20H,11-14H2,1-3H3,(H,23,25)/t17-/m0/s1. The van der Waals surface area contributed by atoms with E-state index in [2.05, 4.69) is 17.3 Å². The van der Waals surface area contributed by atoms with E-state index in [1.165, 1.54) is 0 Å². The van der Waals surface area contributed by atoms with E-state index in [0.717, 1.165) is 42.9 Å². The summed E-state index contributed by atoms with van der Waals surface area (Å²) in [5.74, 6) is 1.35. The van der Waals surface area contributed by atoms with E-state index >= 15 is 0 Å². The molecule has 1 aliphatic heterocycles. The molecule has 1 fully saturated rings. The van der Waals surface area contributed by atoms with Crippen molar-refractivity contribution in [2.24, 2.45) is 0 Å². The van der Waals surface area contributed by atoms with Crippen LogP contribution in [-0.2, 0) is 4.79 Å². The van der Waals surface area contributed by atoms with Crippen molar-refractivity contribution in [1.82, 2.24) is 4.90 Å². The summed E-state index contributed by atoms with van der Waals surface area (Å²) < 4.78 is 11.8. The molecule has 0 spiro atoms. The van der Waals surface area contributed by atoms with Crippen LogP contribution in [0.25, 0.3) is 0 Å². The zero-order valence-corrected chi connectivity index (χ0v) is 16.3.